The van der Waals surface area contributed by atoms with Gasteiger partial charge in [0.1, 0.15) is 11.4 Å². The highest BCUT2D eigenvalue weighted by atomic mass is 16.5. The quantitative estimate of drug-likeness (QED) is 0.542. The number of isocyanates is 1. The Morgan fingerprint density at radius 2 is 2.21 bits per heavy atom. The van der Waals surface area contributed by atoms with Crippen LogP contribution >= 0.6 is 0 Å². The average Bonchev–Trinajstić information content (AvgIpc) is 2.21. The second-order valence-electron chi connectivity index (χ2n) is 3.01. The Kier molecular flexibility index (Phi) is 3.89. The predicted octanol–water partition coefficient (Wildman–Crippen LogP) is 2.83. The lowest BCUT2D eigenvalue weighted by atomic mass is 10.3. The monoisotopic (exact) mass is 191 g/mol. The normalized spacial score (nSPS) is 11.6. The van der Waals surface area contributed by atoms with E-state index in [1.807, 2.05) is 19.9 Å². The summed E-state index contributed by atoms with van der Waals surface area (Å²) in [4.78, 5) is 13.7. The summed E-state index contributed by atoms with van der Waals surface area (Å²) in [5.74, 6) is 0.630. The Morgan fingerprint density at radius 3 is 2.86 bits per heavy atom. The third-order valence-corrected chi connectivity index (χ3v) is 1.93. The van der Waals surface area contributed by atoms with Crippen LogP contribution in [0.25, 0.3) is 0 Å². The van der Waals surface area contributed by atoms with Gasteiger partial charge < -0.3 is 4.74 Å². The van der Waals surface area contributed by atoms with E-state index >= 15 is 0 Å². The molecule has 0 amide bonds. The van der Waals surface area contributed by atoms with E-state index in [1.165, 1.54) is 6.08 Å². The minimum atomic E-state index is 0.123. The van der Waals surface area contributed by atoms with Crippen molar-refractivity contribution in [2.75, 3.05) is 0 Å². The molecule has 3 nitrogen and oxygen atoms in total. The number of rotatable bonds is 4. The fraction of sp³-hybridized carbons (Fsp3) is 0.364. The maximum absolute atomic E-state index is 10.1. The molecule has 0 aliphatic heterocycles. The van der Waals surface area contributed by atoms with Crippen molar-refractivity contribution in [3.05, 3.63) is 24.3 Å². The number of benzene rings is 1. The van der Waals surface area contributed by atoms with Crippen molar-refractivity contribution in [2.45, 2.75) is 26.4 Å². The van der Waals surface area contributed by atoms with Crippen LogP contribution in [0.3, 0.4) is 0 Å². The summed E-state index contributed by atoms with van der Waals surface area (Å²) in [7, 11) is 0. The molecule has 14 heavy (non-hydrogen) atoms. The fourth-order valence-electron chi connectivity index (χ4n) is 0.998. The van der Waals surface area contributed by atoms with Gasteiger partial charge in [0.05, 0.1) is 6.10 Å². The number of carbonyl (C=O) groups excluding carboxylic acids is 1. The zero-order valence-corrected chi connectivity index (χ0v) is 8.36. The minimum absolute atomic E-state index is 0.123. The summed E-state index contributed by atoms with van der Waals surface area (Å²) >= 11 is 0. The molecule has 0 aliphatic rings. The van der Waals surface area contributed by atoms with E-state index in [0.717, 1.165) is 6.42 Å². The van der Waals surface area contributed by atoms with E-state index in [2.05, 4.69) is 4.99 Å². The lowest BCUT2D eigenvalue weighted by Gasteiger charge is -2.13. The van der Waals surface area contributed by atoms with E-state index in [9.17, 15) is 4.79 Å². The van der Waals surface area contributed by atoms with Gasteiger partial charge in [0.2, 0.25) is 6.08 Å². The van der Waals surface area contributed by atoms with Gasteiger partial charge in [-0.05, 0) is 25.5 Å². The van der Waals surface area contributed by atoms with Gasteiger partial charge in [-0.1, -0.05) is 19.1 Å². The van der Waals surface area contributed by atoms with Crippen LogP contribution in [0.4, 0.5) is 5.69 Å². The first-order valence-corrected chi connectivity index (χ1v) is 4.61. The first-order valence-electron chi connectivity index (χ1n) is 4.61. The smallest absolute Gasteiger partial charge is 0.240 e. The third kappa shape index (κ3) is 2.71. The molecule has 0 spiro atoms. The van der Waals surface area contributed by atoms with Gasteiger partial charge in [-0.25, -0.2) is 4.79 Å². The van der Waals surface area contributed by atoms with Crippen LogP contribution in [-0.2, 0) is 4.79 Å². The zero-order chi connectivity index (χ0) is 10.4. The van der Waals surface area contributed by atoms with Gasteiger partial charge in [0, 0.05) is 0 Å². The Balaban J connectivity index is 2.89. The van der Waals surface area contributed by atoms with Gasteiger partial charge in [0.25, 0.3) is 0 Å². The van der Waals surface area contributed by atoms with Crippen molar-refractivity contribution < 1.29 is 9.53 Å². The van der Waals surface area contributed by atoms with Crippen LogP contribution in [-0.4, -0.2) is 12.2 Å². The number of nitrogens with zero attached hydrogens (tertiary/aromatic N) is 1. The molecular formula is C11H13NO2. The van der Waals surface area contributed by atoms with Crippen LogP contribution in [0.5, 0.6) is 5.75 Å². The Morgan fingerprint density at radius 1 is 1.50 bits per heavy atom. The van der Waals surface area contributed by atoms with E-state index in [4.69, 9.17) is 4.74 Å². The van der Waals surface area contributed by atoms with Crippen LogP contribution < -0.4 is 4.74 Å². The Labute approximate surface area is 83.4 Å². The summed E-state index contributed by atoms with van der Waals surface area (Å²) in [5.41, 5.74) is 0.530. The van der Waals surface area contributed by atoms with Gasteiger partial charge in [-0.15, -0.1) is 0 Å². The lowest BCUT2D eigenvalue weighted by molar-refractivity contribution is 0.218. The van der Waals surface area contributed by atoms with Crippen molar-refractivity contribution in [1.29, 1.82) is 0 Å². The third-order valence-electron chi connectivity index (χ3n) is 1.93. The lowest BCUT2D eigenvalue weighted by Crippen LogP contribution is -2.09. The molecule has 1 aromatic rings. The summed E-state index contributed by atoms with van der Waals surface area (Å²) in [6, 6.07) is 7.17. The topological polar surface area (TPSA) is 38.7 Å². The summed E-state index contributed by atoms with van der Waals surface area (Å²) in [6.07, 6.45) is 2.55. The SMILES string of the molecule is CCC(C)Oc1ccccc1N=C=O. The predicted molar refractivity (Wildman–Crippen MR) is 54.6 cm³/mol. The Hall–Kier alpha value is -1.60. The van der Waals surface area contributed by atoms with Gasteiger partial charge >= 0.3 is 0 Å². The van der Waals surface area contributed by atoms with E-state index in [0.29, 0.717) is 11.4 Å². The van der Waals surface area contributed by atoms with Crippen LogP contribution in [0.1, 0.15) is 20.3 Å². The number of aliphatic imine (C=N–C) groups is 1. The molecule has 0 heterocycles. The highest BCUT2D eigenvalue weighted by molar-refractivity contribution is 5.57. The van der Waals surface area contributed by atoms with Crippen molar-refractivity contribution in [2.24, 2.45) is 4.99 Å². The number of hydrogen-bond acceptors (Lipinski definition) is 3. The molecule has 0 saturated carbocycles. The molecule has 1 rings (SSSR count). The zero-order valence-electron chi connectivity index (χ0n) is 8.36. The maximum atomic E-state index is 10.1. The maximum Gasteiger partial charge on any atom is 0.240 e. The van der Waals surface area contributed by atoms with Crippen LogP contribution in [0.15, 0.2) is 29.3 Å². The highest BCUT2D eigenvalue weighted by Crippen LogP contribution is 2.27. The molecule has 1 unspecified atom stereocenters. The van der Waals surface area contributed by atoms with Gasteiger partial charge in [-0.3, -0.25) is 0 Å². The molecule has 0 saturated heterocycles. The van der Waals surface area contributed by atoms with Crippen molar-refractivity contribution in [3.63, 3.8) is 0 Å². The summed E-state index contributed by atoms with van der Waals surface area (Å²) in [5, 5.41) is 0. The molecule has 0 N–H and O–H groups in total. The van der Waals surface area contributed by atoms with Crippen LogP contribution in [0.2, 0.25) is 0 Å². The summed E-state index contributed by atoms with van der Waals surface area (Å²) < 4.78 is 5.57. The van der Waals surface area contributed by atoms with Crippen LogP contribution in [0, 0.1) is 0 Å². The highest BCUT2D eigenvalue weighted by Gasteiger charge is 2.05. The number of hydrogen-bond donors (Lipinski definition) is 0. The van der Waals surface area contributed by atoms with Crippen molar-refractivity contribution in [1.82, 2.24) is 0 Å². The first-order chi connectivity index (χ1) is 6.77. The van der Waals surface area contributed by atoms with Crippen molar-refractivity contribution in [3.8, 4) is 5.75 Å². The second-order valence-corrected chi connectivity index (χ2v) is 3.01. The number of para-hydroxylation sites is 2. The molecule has 1 aromatic carbocycles. The molecular weight excluding hydrogens is 178 g/mol. The molecule has 1 atom stereocenters. The van der Waals surface area contributed by atoms with E-state index in [-0.39, 0.29) is 6.10 Å². The minimum Gasteiger partial charge on any atom is -0.488 e. The second kappa shape index (κ2) is 5.20. The first kappa shape index (κ1) is 10.5. The average molecular weight is 191 g/mol. The van der Waals surface area contributed by atoms with E-state index in [1.54, 1.807) is 18.2 Å². The molecule has 3 heteroatoms. The molecule has 0 aliphatic carbocycles. The summed E-state index contributed by atoms with van der Waals surface area (Å²) in [6.45, 7) is 4.01. The standard InChI is InChI=1S/C11H13NO2/c1-3-9(2)14-11-7-5-4-6-10(11)12-8-13/h4-7,9H,3H2,1-2H3. The fourth-order valence-corrected chi connectivity index (χ4v) is 0.998. The van der Waals surface area contributed by atoms with Gasteiger partial charge in [0.15, 0.2) is 0 Å². The molecule has 74 valence electrons. The molecule has 0 aromatic heterocycles. The molecule has 0 bridgehead atoms. The van der Waals surface area contributed by atoms with Crippen molar-refractivity contribution >= 4 is 11.8 Å². The Bertz CT molecular complexity index is 343. The molecule has 0 fully saturated rings. The number of ether oxygens (including phenoxy) is 1. The largest absolute Gasteiger partial charge is 0.488 e. The van der Waals surface area contributed by atoms with E-state index < -0.39 is 0 Å². The van der Waals surface area contributed by atoms with Gasteiger partial charge in [-0.2, -0.15) is 4.99 Å². The molecule has 0 radical (unpaired) electrons.